The van der Waals surface area contributed by atoms with Crippen molar-refractivity contribution in [3.63, 3.8) is 0 Å². The second-order valence-electron chi connectivity index (χ2n) is 2.01. The molecule has 0 saturated heterocycles. The van der Waals surface area contributed by atoms with Gasteiger partial charge in [0.25, 0.3) is 0 Å². The van der Waals surface area contributed by atoms with Crippen molar-refractivity contribution in [2.24, 2.45) is 5.29 Å². The van der Waals surface area contributed by atoms with Crippen LogP contribution in [0.3, 0.4) is 0 Å². The Hall–Kier alpha value is -1.66. The van der Waals surface area contributed by atoms with Crippen LogP contribution in [0.4, 0.5) is 0 Å². The molecule has 12 heavy (non-hydrogen) atoms. The summed E-state index contributed by atoms with van der Waals surface area (Å²) in [7, 11) is 0. The first-order valence-electron chi connectivity index (χ1n) is 3.08. The van der Waals surface area contributed by atoms with Crippen LogP contribution in [0.2, 0.25) is 0 Å². The van der Waals surface area contributed by atoms with E-state index >= 15 is 0 Å². The van der Waals surface area contributed by atoms with Gasteiger partial charge in [-0.2, -0.15) is 0 Å². The van der Waals surface area contributed by atoms with E-state index in [1.165, 1.54) is 0 Å². The fraction of sp³-hybridized carbons (Fsp3) is 0.600. The quantitative estimate of drug-likeness (QED) is 0.418. The monoisotopic (exact) mass is 176 g/mol. The van der Waals surface area contributed by atoms with Gasteiger partial charge in [0.05, 0.1) is 18.3 Å². The number of carboxylic acid groups (broad SMARTS) is 2. The Balaban J connectivity index is 3.75. The zero-order valence-electron chi connectivity index (χ0n) is 6.13. The van der Waals surface area contributed by atoms with Crippen molar-refractivity contribution in [3.05, 3.63) is 4.91 Å². The van der Waals surface area contributed by atoms with Crippen molar-refractivity contribution in [1.82, 2.24) is 5.01 Å². The van der Waals surface area contributed by atoms with E-state index in [1.807, 2.05) is 0 Å². The Labute approximate surface area is 67.5 Å². The minimum absolute atomic E-state index is 0.189. The number of rotatable bonds is 6. The lowest BCUT2D eigenvalue weighted by atomic mass is 10.4. The lowest BCUT2D eigenvalue weighted by molar-refractivity contribution is -0.141. The molecule has 0 aromatic rings. The highest BCUT2D eigenvalue weighted by molar-refractivity contribution is 5.69. The molecule has 0 spiro atoms. The van der Waals surface area contributed by atoms with E-state index in [0.717, 1.165) is 0 Å². The van der Waals surface area contributed by atoms with Crippen LogP contribution >= 0.6 is 0 Å². The smallest absolute Gasteiger partial charge is 0.324 e. The van der Waals surface area contributed by atoms with Crippen LogP contribution in [0.1, 0.15) is 6.42 Å². The lowest BCUT2D eigenvalue weighted by Gasteiger charge is -2.09. The topological polar surface area (TPSA) is 107 Å². The zero-order valence-corrected chi connectivity index (χ0v) is 6.13. The fourth-order valence-electron chi connectivity index (χ4n) is 0.530. The lowest BCUT2D eigenvalue weighted by Crippen LogP contribution is -2.26. The average molecular weight is 176 g/mol. The van der Waals surface area contributed by atoms with Crippen LogP contribution in [0.5, 0.6) is 0 Å². The van der Waals surface area contributed by atoms with Crippen molar-refractivity contribution < 1.29 is 19.8 Å². The minimum Gasteiger partial charge on any atom is -0.481 e. The predicted octanol–water partition coefficient (Wildman–Crippen LogP) is -0.471. The number of carbonyl (C=O) groups is 2. The van der Waals surface area contributed by atoms with Gasteiger partial charge in [-0.25, -0.2) is 5.01 Å². The maximum Gasteiger partial charge on any atom is 0.324 e. The molecule has 0 aliphatic carbocycles. The summed E-state index contributed by atoms with van der Waals surface area (Å²) in [4.78, 5) is 29.9. The molecule has 0 aromatic heterocycles. The molecule has 0 amide bonds. The highest BCUT2D eigenvalue weighted by Crippen LogP contribution is 1.91. The van der Waals surface area contributed by atoms with Gasteiger partial charge in [0.2, 0.25) is 0 Å². The molecule has 0 bridgehead atoms. The Morgan fingerprint density at radius 1 is 1.25 bits per heavy atom. The molecular formula is C5H8N2O5. The third-order valence-electron chi connectivity index (χ3n) is 1.02. The standard InChI is InChI=1S/C5H8N2O5/c8-4(9)1-2-7(6-12)3-5(10)11/h1-3H2,(H,8,9)(H,10,11). The van der Waals surface area contributed by atoms with E-state index in [2.05, 4.69) is 5.29 Å². The van der Waals surface area contributed by atoms with Crippen molar-refractivity contribution in [2.75, 3.05) is 13.1 Å². The number of aliphatic carboxylic acids is 2. The fourth-order valence-corrected chi connectivity index (χ4v) is 0.530. The van der Waals surface area contributed by atoms with Crippen LogP contribution in [0.15, 0.2) is 5.29 Å². The largest absolute Gasteiger partial charge is 0.481 e. The molecule has 0 unspecified atom stereocenters. The Morgan fingerprint density at radius 3 is 2.17 bits per heavy atom. The maximum atomic E-state index is 10.0. The van der Waals surface area contributed by atoms with Crippen molar-refractivity contribution in [1.29, 1.82) is 0 Å². The van der Waals surface area contributed by atoms with E-state index in [-0.39, 0.29) is 13.0 Å². The Kier molecular flexibility index (Phi) is 4.35. The van der Waals surface area contributed by atoms with E-state index in [0.29, 0.717) is 5.01 Å². The summed E-state index contributed by atoms with van der Waals surface area (Å²) < 4.78 is 0. The van der Waals surface area contributed by atoms with Crippen LogP contribution in [-0.4, -0.2) is 40.3 Å². The van der Waals surface area contributed by atoms with Gasteiger partial charge in [-0.1, -0.05) is 0 Å². The molecule has 7 nitrogen and oxygen atoms in total. The van der Waals surface area contributed by atoms with Gasteiger partial charge in [0, 0.05) is 0 Å². The van der Waals surface area contributed by atoms with Crippen LogP contribution in [0.25, 0.3) is 0 Å². The zero-order chi connectivity index (χ0) is 9.56. The number of hydrogen-bond donors (Lipinski definition) is 2. The van der Waals surface area contributed by atoms with E-state index in [9.17, 15) is 14.5 Å². The molecule has 0 atom stereocenters. The van der Waals surface area contributed by atoms with Crippen molar-refractivity contribution >= 4 is 11.9 Å². The van der Waals surface area contributed by atoms with Gasteiger partial charge >= 0.3 is 11.9 Å². The summed E-state index contributed by atoms with van der Waals surface area (Å²) in [6, 6.07) is 0. The van der Waals surface area contributed by atoms with Gasteiger partial charge in [0.15, 0.2) is 0 Å². The van der Waals surface area contributed by atoms with Gasteiger partial charge in [-0.3, -0.25) is 9.59 Å². The first-order valence-corrected chi connectivity index (χ1v) is 3.08. The van der Waals surface area contributed by atoms with Gasteiger partial charge in [-0.15, -0.1) is 4.91 Å². The number of carboxylic acids is 2. The maximum absolute atomic E-state index is 10.0. The summed E-state index contributed by atoms with van der Waals surface area (Å²) in [5.74, 6) is -2.32. The normalized spacial score (nSPS) is 9.00. The third kappa shape index (κ3) is 5.15. The second kappa shape index (κ2) is 5.05. The predicted molar refractivity (Wildman–Crippen MR) is 37.3 cm³/mol. The molecular weight excluding hydrogens is 168 g/mol. The van der Waals surface area contributed by atoms with E-state index < -0.39 is 18.5 Å². The molecule has 0 heterocycles. The van der Waals surface area contributed by atoms with Crippen molar-refractivity contribution in [2.45, 2.75) is 6.42 Å². The van der Waals surface area contributed by atoms with E-state index in [4.69, 9.17) is 10.2 Å². The average Bonchev–Trinajstić information content (AvgIpc) is 1.97. The first-order chi connectivity index (χ1) is 5.56. The number of nitroso groups, excluding NO2 is 1. The molecule has 0 radical (unpaired) electrons. The Bertz CT molecular complexity index is 192. The summed E-state index contributed by atoms with van der Waals surface area (Å²) >= 11 is 0. The summed E-state index contributed by atoms with van der Waals surface area (Å²) in [6.07, 6.45) is -0.307. The molecule has 7 heteroatoms. The molecule has 0 fully saturated rings. The second-order valence-corrected chi connectivity index (χ2v) is 2.01. The van der Waals surface area contributed by atoms with Gasteiger partial charge in [0.1, 0.15) is 6.54 Å². The van der Waals surface area contributed by atoms with Crippen LogP contribution in [-0.2, 0) is 9.59 Å². The summed E-state index contributed by atoms with van der Waals surface area (Å²) in [5.41, 5.74) is 0. The molecule has 2 N–H and O–H groups in total. The molecule has 0 rings (SSSR count). The number of nitrogens with zero attached hydrogens (tertiary/aromatic N) is 2. The SMILES string of the molecule is O=NN(CCC(=O)O)CC(=O)O. The van der Waals surface area contributed by atoms with Crippen LogP contribution < -0.4 is 0 Å². The first kappa shape index (κ1) is 10.3. The third-order valence-corrected chi connectivity index (χ3v) is 1.02. The van der Waals surface area contributed by atoms with Gasteiger partial charge < -0.3 is 10.2 Å². The van der Waals surface area contributed by atoms with Gasteiger partial charge in [-0.05, 0) is 0 Å². The van der Waals surface area contributed by atoms with Crippen LogP contribution in [0, 0.1) is 4.91 Å². The minimum atomic E-state index is -1.22. The molecule has 0 saturated carbocycles. The molecule has 0 aliphatic heterocycles. The Morgan fingerprint density at radius 2 is 1.83 bits per heavy atom. The summed E-state index contributed by atoms with van der Waals surface area (Å²) in [5, 5.41) is 19.3. The highest BCUT2D eigenvalue weighted by Gasteiger charge is 2.09. The number of hydrogen-bond acceptors (Lipinski definition) is 4. The van der Waals surface area contributed by atoms with E-state index in [1.54, 1.807) is 0 Å². The van der Waals surface area contributed by atoms with Crippen molar-refractivity contribution in [3.8, 4) is 0 Å². The highest BCUT2D eigenvalue weighted by atomic mass is 16.4. The summed E-state index contributed by atoms with van der Waals surface area (Å²) in [6.45, 7) is -0.762. The molecule has 68 valence electrons. The molecule has 0 aromatic carbocycles. The molecule has 0 aliphatic rings.